The number of carbonyl (C=O) groups is 3. The van der Waals surface area contributed by atoms with E-state index in [0.29, 0.717) is 6.42 Å². The van der Waals surface area contributed by atoms with Crippen LogP contribution in [0.1, 0.15) is 27.2 Å². The van der Waals surface area contributed by atoms with Crippen LogP contribution in [0.25, 0.3) is 1.43 Å². The van der Waals surface area contributed by atoms with E-state index in [0.717, 1.165) is 0 Å². The smallest absolute Gasteiger partial charge is 0.404 e. The van der Waals surface area contributed by atoms with Gasteiger partial charge in [-0.3, -0.25) is 4.79 Å². The summed E-state index contributed by atoms with van der Waals surface area (Å²) >= 11 is 0. The van der Waals surface area contributed by atoms with Crippen LogP contribution < -0.4 is 5.32 Å². The zero-order valence-electron chi connectivity index (χ0n) is 11.8. The molecule has 0 aromatic rings. The normalized spacial score (nSPS) is 11.2. The van der Waals surface area contributed by atoms with E-state index < -0.39 is 30.1 Å². The van der Waals surface area contributed by atoms with Gasteiger partial charge in [-0.2, -0.15) is 0 Å². The zero-order valence-corrected chi connectivity index (χ0v) is 10.8. The van der Waals surface area contributed by atoms with Gasteiger partial charge >= 0.3 is 18.0 Å². The molecule has 0 aromatic carbocycles. The van der Waals surface area contributed by atoms with Crippen molar-refractivity contribution >= 4 is 18.0 Å². The second-order valence-electron chi connectivity index (χ2n) is 4.25. The molecule has 0 aliphatic heterocycles. The van der Waals surface area contributed by atoms with Gasteiger partial charge in [0.2, 0.25) is 0 Å². The van der Waals surface area contributed by atoms with Crippen LogP contribution in [0.4, 0.5) is 4.79 Å². The maximum atomic E-state index is 11.5. The summed E-state index contributed by atoms with van der Waals surface area (Å²) in [5.41, 5.74) is -0.639. The Morgan fingerprint density at radius 1 is 1.33 bits per heavy atom. The summed E-state index contributed by atoms with van der Waals surface area (Å²) in [5.74, 6) is -1.18. The predicted molar refractivity (Wildman–Crippen MR) is 62.0 cm³/mol. The van der Waals surface area contributed by atoms with Crippen molar-refractivity contribution in [2.45, 2.75) is 27.2 Å². The highest BCUT2D eigenvalue weighted by molar-refractivity contribution is 5.79. The lowest BCUT2D eigenvalue weighted by Crippen LogP contribution is -2.30. The standard InChI is InChI=1S/C11H19NO6/c1-4-11(2,3)9(14)18-7-8(13)17-6-5-12-10(15)16/h12H,4-7H2,1-3H3,(H,15,16)/i/hT. The Morgan fingerprint density at radius 2 is 2.00 bits per heavy atom. The highest BCUT2D eigenvalue weighted by Crippen LogP contribution is 2.21. The zero-order chi connectivity index (χ0) is 14.9. The van der Waals surface area contributed by atoms with Crippen molar-refractivity contribution < 1.29 is 29.0 Å². The van der Waals surface area contributed by atoms with Crippen LogP contribution in [0.2, 0.25) is 0 Å². The van der Waals surface area contributed by atoms with Gasteiger partial charge in [-0.15, -0.1) is 0 Å². The van der Waals surface area contributed by atoms with E-state index in [1.165, 1.54) is 0 Å². The minimum Gasteiger partial charge on any atom is -0.465 e. The third-order valence-electron chi connectivity index (χ3n) is 2.39. The van der Waals surface area contributed by atoms with Gasteiger partial charge in [0.25, 0.3) is 1.43 Å². The minimum atomic E-state index is -0.938. The first kappa shape index (κ1) is 14.3. The molecule has 0 rings (SSSR count). The molecule has 7 heteroatoms. The first-order valence-electron chi connectivity index (χ1n) is 5.98. The average Bonchev–Trinajstić information content (AvgIpc) is 2.40. The molecule has 0 spiro atoms. The fraction of sp³-hybridized carbons (Fsp3) is 0.727. The fourth-order valence-electron chi connectivity index (χ4n) is 0.824. The number of ether oxygens (including phenoxy) is 2. The summed E-state index contributed by atoms with van der Waals surface area (Å²) in [6, 6.07) is 0. The molecule has 1 amide bonds. The maximum absolute atomic E-state index is 11.5. The molecule has 0 bridgehead atoms. The van der Waals surface area contributed by atoms with Gasteiger partial charge in [0.05, 0.1) is 12.0 Å². The highest BCUT2D eigenvalue weighted by atomic mass is 16.6. The number of carbonyl (C=O) groups excluding carboxylic acids is 2. The van der Waals surface area contributed by atoms with Crippen LogP contribution >= 0.6 is 0 Å². The molecule has 7 nitrogen and oxygen atoms in total. The molecule has 0 aliphatic rings. The first-order chi connectivity index (χ1) is 8.83. The van der Waals surface area contributed by atoms with Crippen LogP contribution in [0.5, 0.6) is 0 Å². The highest BCUT2D eigenvalue weighted by Gasteiger charge is 2.27. The lowest BCUT2D eigenvalue weighted by atomic mass is 9.91. The monoisotopic (exact) mass is 263 g/mol. The number of carboxylic acid groups (broad SMARTS) is 1. The number of esters is 2. The second kappa shape index (κ2) is 7.52. The molecular weight excluding hydrogens is 242 g/mol. The van der Waals surface area contributed by atoms with Crippen LogP contribution in [-0.2, 0) is 19.1 Å². The van der Waals surface area contributed by atoms with E-state index in [4.69, 9.17) is 6.17 Å². The van der Waals surface area contributed by atoms with Crippen LogP contribution in [0.15, 0.2) is 0 Å². The molecule has 0 radical (unpaired) electrons. The van der Waals surface area contributed by atoms with Crippen molar-refractivity contribution in [3.8, 4) is 0 Å². The third-order valence-corrected chi connectivity index (χ3v) is 2.39. The third kappa shape index (κ3) is 6.72. The van der Waals surface area contributed by atoms with E-state index in [1.807, 2.05) is 6.92 Å². The Labute approximate surface area is 107 Å². The summed E-state index contributed by atoms with van der Waals surface area (Å²) in [6.07, 6.45) is -0.341. The van der Waals surface area contributed by atoms with Crippen molar-refractivity contribution in [1.29, 1.82) is 1.43 Å². The van der Waals surface area contributed by atoms with Crippen molar-refractivity contribution in [1.82, 2.24) is 5.32 Å². The topological polar surface area (TPSA) is 102 Å². The van der Waals surface area contributed by atoms with Gasteiger partial charge in [0.15, 0.2) is 6.61 Å². The predicted octanol–water partition coefficient (Wildman–Crippen LogP) is 0.777. The summed E-state index contributed by atoms with van der Waals surface area (Å²) in [7, 11) is 0. The molecular formula is C11H19NO6. The molecule has 18 heavy (non-hydrogen) atoms. The van der Waals surface area contributed by atoms with Gasteiger partial charge < -0.3 is 19.9 Å². The molecule has 0 atom stereocenters. The molecule has 0 unspecified atom stereocenters. The number of rotatable bonds is 7. The molecule has 0 saturated carbocycles. The van der Waals surface area contributed by atoms with Gasteiger partial charge in [0.1, 0.15) is 6.61 Å². The minimum absolute atomic E-state index is 0.0118. The first-order valence-corrected chi connectivity index (χ1v) is 5.57. The van der Waals surface area contributed by atoms with Gasteiger partial charge in [0, 0.05) is 0 Å². The average molecular weight is 263 g/mol. The largest absolute Gasteiger partial charge is 0.465 e. The molecule has 0 fully saturated rings. The lowest BCUT2D eigenvalue weighted by Gasteiger charge is -2.19. The Bertz CT molecular complexity index is 331. The van der Waals surface area contributed by atoms with Gasteiger partial charge in [-0.25, -0.2) is 9.59 Å². The van der Waals surface area contributed by atoms with E-state index in [9.17, 15) is 14.4 Å². The van der Waals surface area contributed by atoms with Crippen LogP contribution in [0.3, 0.4) is 0 Å². The van der Waals surface area contributed by atoms with Crippen LogP contribution in [0, 0.1) is 5.41 Å². The number of hydrogen-bond donors (Lipinski definition) is 2. The van der Waals surface area contributed by atoms with Crippen molar-refractivity contribution in [2.75, 3.05) is 19.8 Å². The van der Waals surface area contributed by atoms with E-state index in [-0.39, 0.29) is 13.2 Å². The Morgan fingerprint density at radius 3 is 2.56 bits per heavy atom. The molecule has 0 aliphatic carbocycles. The molecule has 0 saturated heterocycles. The lowest BCUT2D eigenvalue weighted by molar-refractivity contribution is -0.164. The Kier molecular flexibility index (Phi) is 5.96. The van der Waals surface area contributed by atoms with Crippen molar-refractivity contribution in [3.05, 3.63) is 0 Å². The van der Waals surface area contributed by atoms with Crippen molar-refractivity contribution in [3.63, 3.8) is 0 Å². The quantitative estimate of drug-likeness (QED) is 0.519. The summed E-state index contributed by atoms with van der Waals surface area (Å²) in [6.45, 7) is 4.73. The summed E-state index contributed by atoms with van der Waals surface area (Å²) in [5, 5.41) is 5.73. The molecule has 104 valence electrons. The SMILES string of the molecule is [3H]OC(=O)NCCOC(=O)COC(=O)C(C)(C)CC. The van der Waals surface area contributed by atoms with Crippen LogP contribution in [-0.4, -0.2) is 42.9 Å². The maximum Gasteiger partial charge on any atom is 0.404 e. The fourth-order valence-corrected chi connectivity index (χ4v) is 0.824. The number of hydrogen-bond acceptors (Lipinski definition) is 6. The Balaban J connectivity index is 3.77. The summed E-state index contributed by atoms with van der Waals surface area (Å²) < 4.78 is 15.7. The van der Waals surface area contributed by atoms with Gasteiger partial charge in [-0.1, -0.05) is 6.92 Å². The van der Waals surface area contributed by atoms with Crippen molar-refractivity contribution in [2.24, 2.45) is 5.41 Å². The second-order valence-corrected chi connectivity index (χ2v) is 4.25. The van der Waals surface area contributed by atoms with Gasteiger partial charge in [-0.05, 0) is 20.3 Å². The molecule has 2 N–H and O–H groups in total. The molecule has 0 heterocycles. The van der Waals surface area contributed by atoms with E-state index in [2.05, 4.69) is 15.2 Å². The molecule has 0 aromatic heterocycles. The Hall–Kier alpha value is -1.79. The summed E-state index contributed by atoms with van der Waals surface area (Å²) in [4.78, 5) is 33.2. The number of amides is 1. The van der Waals surface area contributed by atoms with E-state index in [1.54, 1.807) is 13.8 Å². The van der Waals surface area contributed by atoms with E-state index >= 15 is 0 Å². The number of nitrogens with one attached hydrogen (secondary N) is 1.